The molecule has 0 aliphatic carbocycles. The summed E-state index contributed by atoms with van der Waals surface area (Å²) >= 11 is 0. The van der Waals surface area contributed by atoms with Gasteiger partial charge in [0.25, 0.3) is 0 Å². The molecule has 0 saturated carbocycles. The molecule has 88 valence electrons. The van der Waals surface area contributed by atoms with Gasteiger partial charge in [0.2, 0.25) is 0 Å². The minimum Gasteiger partial charge on any atom is -0.383 e. The first-order valence-electron chi connectivity index (χ1n) is 6.11. The zero-order chi connectivity index (χ0) is 11.8. The molecule has 0 fully saturated rings. The fraction of sp³-hybridized carbons (Fsp3) is 0.571. The molecule has 2 heteroatoms. The number of benzene rings is 1. The second-order valence-electron chi connectivity index (χ2n) is 5.55. The maximum Gasteiger partial charge on any atom is 0.0602 e. The monoisotopic (exact) mass is 218 g/mol. The lowest BCUT2D eigenvalue weighted by molar-refractivity contribution is 0.397. The van der Waals surface area contributed by atoms with E-state index in [9.17, 15) is 0 Å². The largest absolute Gasteiger partial charge is 0.383 e. The van der Waals surface area contributed by atoms with E-state index in [1.165, 1.54) is 16.9 Å². The summed E-state index contributed by atoms with van der Waals surface area (Å²) in [6.45, 7) is 12.2. The van der Waals surface area contributed by atoms with Crippen LogP contribution in [-0.4, -0.2) is 19.6 Å². The molecule has 0 radical (unpaired) electrons. The average molecular weight is 218 g/mol. The van der Waals surface area contributed by atoms with Crippen LogP contribution < -0.4 is 10.2 Å². The van der Waals surface area contributed by atoms with Gasteiger partial charge in [0, 0.05) is 19.6 Å². The number of nitrogens with zero attached hydrogens (tertiary/aromatic N) is 1. The van der Waals surface area contributed by atoms with Crippen molar-refractivity contribution in [2.75, 3.05) is 29.9 Å². The number of fused-ring (bicyclic) bond motifs is 1. The molecule has 0 amide bonds. The predicted octanol–water partition coefficient (Wildman–Crippen LogP) is 3.27. The molecule has 2 rings (SSSR count). The molecule has 1 aliphatic heterocycles. The lowest BCUT2D eigenvalue weighted by Crippen LogP contribution is -2.35. The van der Waals surface area contributed by atoms with Crippen molar-refractivity contribution >= 4 is 11.4 Å². The normalized spacial score (nSPS) is 18.6. The Labute approximate surface area is 98.7 Å². The van der Waals surface area contributed by atoms with E-state index in [1.807, 2.05) is 0 Å². The van der Waals surface area contributed by atoms with E-state index in [0.29, 0.717) is 5.41 Å². The van der Waals surface area contributed by atoms with Crippen LogP contribution >= 0.6 is 0 Å². The number of nitrogens with one attached hydrogen (secondary N) is 1. The Morgan fingerprint density at radius 1 is 1.38 bits per heavy atom. The Morgan fingerprint density at radius 2 is 2.12 bits per heavy atom. The Balaban J connectivity index is 2.40. The molecule has 16 heavy (non-hydrogen) atoms. The van der Waals surface area contributed by atoms with Gasteiger partial charge >= 0.3 is 0 Å². The van der Waals surface area contributed by atoms with Crippen LogP contribution in [0.2, 0.25) is 0 Å². The van der Waals surface area contributed by atoms with Crippen LogP contribution in [0.5, 0.6) is 0 Å². The van der Waals surface area contributed by atoms with E-state index in [1.54, 1.807) is 0 Å². The van der Waals surface area contributed by atoms with E-state index < -0.39 is 0 Å². The first kappa shape index (κ1) is 11.3. The van der Waals surface area contributed by atoms with Crippen molar-refractivity contribution < 1.29 is 0 Å². The summed E-state index contributed by atoms with van der Waals surface area (Å²) in [6, 6.07) is 6.68. The quantitative estimate of drug-likeness (QED) is 0.778. The van der Waals surface area contributed by atoms with E-state index >= 15 is 0 Å². The predicted molar refractivity (Wildman–Crippen MR) is 71.3 cm³/mol. The molecule has 0 saturated heterocycles. The average Bonchev–Trinajstić information content (AvgIpc) is 2.35. The second kappa shape index (κ2) is 4.00. The Kier molecular flexibility index (Phi) is 2.83. The molecule has 0 atom stereocenters. The summed E-state index contributed by atoms with van der Waals surface area (Å²) < 4.78 is 0. The van der Waals surface area contributed by atoms with Crippen LogP contribution in [0.4, 0.5) is 11.4 Å². The van der Waals surface area contributed by atoms with Crippen molar-refractivity contribution in [3.05, 3.63) is 23.8 Å². The fourth-order valence-corrected chi connectivity index (χ4v) is 2.34. The number of hydrogen-bond donors (Lipinski definition) is 1. The van der Waals surface area contributed by atoms with E-state index in [-0.39, 0.29) is 0 Å². The fourth-order valence-electron chi connectivity index (χ4n) is 2.34. The summed E-state index contributed by atoms with van der Waals surface area (Å²) in [5, 5.41) is 3.58. The Hall–Kier alpha value is -1.18. The highest BCUT2D eigenvalue weighted by Crippen LogP contribution is 2.33. The third-order valence-electron chi connectivity index (χ3n) is 3.25. The third kappa shape index (κ3) is 2.16. The molecule has 1 aliphatic rings. The standard InChI is InChI=1S/C14H22N2/c1-5-16-10-14(3,4)9-15-12-8-11(2)6-7-13(12)16/h6-8,15H,5,9-10H2,1-4H3. The summed E-state index contributed by atoms with van der Waals surface area (Å²) in [6.07, 6.45) is 0. The van der Waals surface area contributed by atoms with E-state index in [2.05, 4.69) is 56.1 Å². The zero-order valence-corrected chi connectivity index (χ0v) is 10.8. The van der Waals surface area contributed by atoms with Gasteiger partial charge in [-0.1, -0.05) is 19.9 Å². The van der Waals surface area contributed by atoms with Crippen molar-refractivity contribution in [3.8, 4) is 0 Å². The molecule has 0 aromatic heterocycles. The van der Waals surface area contributed by atoms with Gasteiger partial charge in [0.1, 0.15) is 0 Å². The first-order chi connectivity index (χ1) is 7.52. The zero-order valence-electron chi connectivity index (χ0n) is 10.8. The van der Waals surface area contributed by atoms with E-state index in [0.717, 1.165) is 19.6 Å². The minimum atomic E-state index is 0.322. The van der Waals surface area contributed by atoms with Gasteiger partial charge in [-0.15, -0.1) is 0 Å². The molecule has 0 unspecified atom stereocenters. The number of rotatable bonds is 1. The molecular formula is C14H22N2. The van der Waals surface area contributed by atoms with E-state index in [4.69, 9.17) is 0 Å². The van der Waals surface area contributed by atoms with Crippen molar-refractivity contribution in [2.45, 2.75) is 27.7 Å². The molecule has 1 aromatic carbocycles. The van der Waals surface area contributed by atoms with Crippen LogP contribution in [0.1, 0.15) is 26.3 Å². The summed E-state index contributed by atoms with van der Waals surface area (Å²) in [5.74, 6) is 0. The van der Waals surface area contributed by atoms with Crippen molar-refractivity contribution in [1.82, 2.24) is 0 Å². The van der Waals surface area contributed by atoms with Gasteiger partial charge in [-0.2, -0.15) is 0 Å². The Morgan fingerprint density at radius 3 is 2.81 bits per heavy atom. The summed E-state index contributed by atoms with van der Waals surface area (Å²) in [5.41, 5.74) is 4.27. The van der Waals surface area contributed by atoms with Crippen LogP contribution in [-0.2, 0) is 0 Å². The van der Waals surface area contributed by atoms with Gasteiger partial charge in [0.05, 0.1) is 11.4 Å². The molecule has 1 N–H and O–H groups in total. The summed E-state index contributed by atoms with van der Waals surface area (Å²) in [4.78, 5) is 2.47. The smallest absolute Gasteiger partial charge is 0.0602 e. The van der Waals surface area contributed by atoms with Gasteiger partial charge in [0.15, 0.2) is 0 Å². The number of hydrogen-bond acceptors (Lipinski definition) is 2. The molecule has 1 aromatic rings. The highest BCUT2D eigenvalue weighted by molar-refractivity contribution is 5.72. The van der Waals surface area contributed by atoms with Crippen LogP contribution in [0, 0.1) is 12.3 Å². The molecule has 1 heterocycles. The second-order valence-corrected chi connectivity index (χ2v) is 5.55. The van der Waals surface area contributed by atoms with Crippen LogP contribution in [0.25, 0.3) is 0 Å². The topological polar surface area (TPSA) is 15.3 Å². The molecule has 2 nitrogen and oxygen atoms in total. The van der Waals surface area contributed by atoms with Crippen molar-refractivity contribution in [3.63, 3.8) is 0 Å². The SMILES string of the molecule is CCN1CC(C)(C)CNc2cc(C)ccc21. The lowest BCUT2D eigenvalue weighted by Gasteiger charge is -2.30. The third-order valence-corrected chi connectivity index (χ3v) is 3.25. The van der Waals surface area contributed by atoms with Gasteiger partial charge in [-0.05, 0) is 37.0 Å². The maximum atomic E-state index is 3.58. The molecule has 0 bridgehead atoms. The lowest BCUT2D eigenvalue weighted by atomic mass is 9.93. The van der Waals surface area contributed by atoms with Gasteiger partial charge in [-0.25, -0.2) is 0 Å². The highest BCUT2D eigenvalue weighted by atomic mass is 15.2. The number of anilines is 2. The minimum absolute atomic E-state index is 0.322. The number of aryl methyl sites for hydroxylation is 1. The van der Waals surface area contributed by atoms with Crippen LogP contribution in [0.15, 0.2) is 18.2 Å². The maximum absolute atomic E-state index is 3.58. The highest BCUT2D eigenvalue weighted by Gasteiger charge is 2.26. The first-order valence-corrected chi connectivity index (χ1v) is 6.11. The van der Waals surface area contributed by atoms with Gasteiger partial charge in [-0.3, -0.25) is 0 Å². The molecule has 0 spiro atoms. The van der Waals surface area contributed by atoms with Crippen molar-refractivity contribution in [2.24, 2.45) is 5.41 Å². The Bertz CT molecular complexity index is 382. The summed E-state index contributed by atoms with van der Waals surface area (Å²) in [7, 11) is 0. The van der Waals surface area contributed by atoms with Crippen LogP contribution in [0.3, 0.4) is 0 Å². The van der Waals surface area contributed by atoms with Gasteiger partial charge < -0.3 is 10.2 Å². The van der Waals surface area contributed by atoms with Crippen molar-refractivity contribution in [1.29, 1.82) is 0 Å². The molecular weight excluding hydrogens is 196 g/mol.